The van der Waals surface area contributed by atoms with Gasteiger partial charge in [-0.25, -0.2) is 0 Å². The maximum Gasteiger partial charge on any atom is 0.194 e. The Hall–Kier alpha value is -1.81. The van der Waals surface area contributed by atoms with Crippen molar-refractivity contribution in [2.75, 3.05) is 5.32 Å². The number of rotatable bonds is 2. The predicted octanol–water partition coefficient (Wildman–Crippen LogP) is 2.84. The first kappa shape index (κ1) is 13.6. The van der Waals surface area contributed by atoms with Gasteiger partial charge in [0.15, 0.2) is 5.78 Å². The number of aromatic hydroxyl groups is 1. The van der Waals surface area contributed by atoms with E-state index in [-0.39, 0.29) is 11.5 Å². The van der Waals surface area contributed by atoms with Gasteiger partial charge in [-0.05, 0) is 39.8 Å². The molecule has 0 aromatic heterocycles. The van der Waals surface area contributed by atoms with Gasteiger partial charge in [-0.15, -0.1) is 0 Å². The second-order valence-corrected chi connectivity index (χ2v) is 5.67. The first-order valence-corrected chi connectivity index (χ1v) is 6.24. The van der Waals surface area contributed by atoms with Crippen molar-refractivity contribution in [2.45, 2.75) is 38.9 Å². The first-order chi connectivity index (χ1) is 8.74. The van der Waals surface area contributed by atoms with Crippen molar-refractivity contribution in [3.8, 4) is 5.75 Å². The highest BCUT2D eigenvalue weighted by Crippen LogP contribution is 2.38. The summed E-state index contributed by atoms with van der Waals surface area (Å²) in [5.41, 5.74) is -0.322. The molecule has 0 saturated carbocycles. The zero-order valence-electron chi connectivity index (χ0n) is 11.7. The highest BCUT2D eigenvalue weighted by molar-refractivity contribution is 6.05. The zero-order chi connectivity index (χ0) is 14.3. The van der Waals surface area contributed by atoms with Gasteiger partial charge in [0.2, 0.25) is 0 Å². The van der Waals surface area contributed by atoms with Gasteiger partial charge < -0.3 is 15.2 Å². The summed E-state index contributed by atoms with van der Waals surface area (Å²) in [6, 6.07) is 6.88. The molecule has 4 heteroatoms. The average Bonchev–Trinajstić information content (AvgIpc) is 2.44. The molecule has 1 fully saturated rings. The van der Waals surface area contributed by atoms with Crippen LogP contribution in [0.15, 0.2) is 36.0 Å². The molecule has 1 aliphatic rings. The molecule has 2 N–H and O–H groups in total. The number of nitrogens with one attached hydrogen (secondary N) is 1. The third-order valence-corrected chi connectivity index (χ3v) is 3.23. The molecule has 0 amide bonds. The molecule has 0 spiro atoms. The van der Waals surface area contributed by atoms with Crippen LogP contribution in [0.3, 0.4) is 0 Å². The van der Waals surface area contributed by atoms with Crippen LogP contribution in [0.1, 0.15) is 27.7 Å². The highest BCUT2D eigenvalue weighted by Gasteiger charge is 2.49. The Morgan fingerprint density at radius 3 is 2.32 bits per heavy atom. The summed E-state index contributed by atoms with van der Waals surface area (Å²) in [4.78, 5) is 12.3. The second kappa shape index (κ2) is 4.38. The summed E-state index contributed by atoms with van der Waals surface area (Å²) >= 11 is 0. The molecule has 0 unspecified atom stereocenters. The third-order valence-electron chi connectivity index (χ3n) is 3.23. The van der Waals surface area contributed by atoms with Gasteiger partial charge in [-0.2, -0.15) is 0 Å². The van der Waals surface area contributed by atoms with E-state index in [0.29, 0.717) is 11.3 Å². The second-order valence-electron chi connectivity index (χ2n) is 5.67. The molecule has 0 bridgehead atoms. The van der Waals surface area contributed by atoms with E-state index in [1.807, 2.05) is 19.9 Å². The number of hydrogen-bond acceptors (Lipinski definition) is 4. The Morgan fingerprint density at radius 2 is 1.79 bits per heavy atom. The number of hydrogen-bond donors (Lipinski definition) is 2. The summed E-state index contributed by atoms with van der Waals surface area (Å²) in [6.45, 7) is 7.24. The lowest BCUT2D eigenvalue weighted by atomic mass is 9.93. The molecule has 0 radical (unpaired) electrons. The largest absolute Gasteiger partial charge is 0.506 e. The fraction of sp³-hybridized carbons (Fsp3) is 0.400. The topological polar surface area (TPSA) is 58.6 Å². The van der Waals surface area contributed by atoms with Crippen molar-refractivity contribution in [3.05, 3.63) is 36.0 Å². The van der Waals surface area contributed by atoms with E-state index in [1.54, 1.807) is 38.2 Å². The van der Waals surface area contributed by atoms with Gasteiger partial charge >= 0.3 is 0 Å². The molecule has 2 rings (SSSR count). The van der Waals surface area contributed by atoms with E-state index in [9.17, 15) is 9.90 Å². The molecule has 19 heavy (non-hydrogen) atoms. The van der Waals surface area contributed by atoms with Crippen LogP contribution < -0.4 is 5.32 Å². The minimum absolute atomic E-state index is 0.0413. The van der Waals surface area contributed by atoms with Gasteiger partial charge in [0, 0.05) is 11.8 Å². The number of ketones is 1. The summed E-state index contributed by atoms with van der Waals surface area (Å²) in [5, 5.41) is 12.6. The van der Waals surface area contributed by atoms with Gasteiger partial charge in [-0.3, -0.25) is 4.79 Å². The predicted molar refractivity (Wildman–Crippen MR) is 74.1 cm³/mol. The number of Topliss-reactive ketones (excluding diaryl/α,β-unsaturated/α-hetero) is 1. The Bertz CT molecular complexity index is 544. The van der Waals surface area contributed by atoms with E-state index in [0.717, 1.165) is 0 Å². The number of anilines is 1. The van der Waals surface area contributed by atoms with Crippen LogP contribution in [0.2, 0.25) is 0 Å². The molecule has 0 aliphatic carbocycles. The molecule has 0 atom stereocenters. The zero-order valence-corrected chi connectivity index (χ0v) is 11.7. The van der Waals surface area contributed by atoms with Crippen molar-refractivity contribution >= 4 is 11.5 Å². The number of para-hydroxylation sites is 2. The minimum Gasteiger partial charge on any atom is -0.506 e. The number of carbonyl (C=O) groups excluding carboxylic acids is 1. The quantitative estimate of drug-likeness (QED) is 0.635. The monoisotopic (exact) mass is 261 g/mol. The highest BCUT2D eigenvalue weighted by atomic mass is 16.5. The Morgan fingerprint density at radius 1 is 1.16 bits per heavy atom. The van der Waals surface area contributed by atoms with Gasteiger partial charge in [0.25, 0.3) is 0 Å². The molecule has 4 nitrogen and oxygen atoms in total. The van der Waals surface area contributed by atoms with E-state index >= 15 is 0 Å². The van der Waals surface area contributed by atoms with Crippen LogP contribution in [0.5, 0.6) is 5.75 Å². The molecule has 1 heterocycles. The summed E-state index contributed by atoms with van der Waals surface area (Å²) in [7, 11) is 0. The van der Waals surface area contributed by atoms with Gasteiger partial charge in [-0.1, -0.05) is 12.1 Å². The van der Waals surface area contributed by atoms with Crippen molar-refractivity contribution in [1.29, 1.82) is 0 Å². The van der Waals surface area contributed by atoms with E-state index in [4.69, 9.17) is 4.74 Å². The molecular weight excluding hydrogens is 242 g/mol. The van der Waals surface area contributed by atoms with Crippen LogP contribution in [0.4, 0.5) is 5.69 Å². The van der Waals surface area contributed by atoms with Crippen LogP contribution in [-0.4, -0.2) is 22.1 Å². The number of carbonyl (C=O) groups is 1. The lowest BCUT2D eigenvalue weighted by Crippen LogP contribution is -2.29. The summed E-state index contributed by atoms with van der Waals surface area (Å²) in [5.74, 6) is 0.100. The van der Waals surface area contributed by atoms with Gasteiger partial charge in [0.1, 0.15) is 11.4 Å². The number of benzene rings is 1. The maximum absolute atomic E-state index is 12.3. The molecule has 1 aliphatic heterocycles. The van der Waals surface area contributed by atoms with Crippen LogP contribution >= 0.6 is 0 Å². The SMILES string of the molecule is CC1(C)OC(C)(C)/C(=C\Nc2ccccc2O)C1=O. The van der Waals surface area contributed by atoms with Crippen LogP contribution in [0.25, 0.3) is 0 Å². The summed E-state index contributed by atoms with van der Waals surface area (Å²) in [6.07, 6.45) is 1.62. The fourth-order valence-electron chi connectivity index (χ4n) is 2.32. The lowest BCUT2D eigenvalue weighted by molar-refractivity contribution is -0.132. The van der Waals surface area contributed by atoms with E-state index in [2.05, 4.69) is 5.32 Å². The van der Waals surface area contributed by atoms with Crippen molar-refractivity contribution < 1.29 is 14.6 Å². The number of phenolic OH excluding ortho intramolecular Hbond substituents is 1. The van der Waals surface area contributed by atoms with Crippen molar-refractivity contribution in [2.24, 2.45) is 0 Å². The van der Waals surface area contributed by atoms with Crippen LogP contribution in [0, 0.1) is 0 Å². The molecule has 1 saturated heterocycles. The number of phenols is 1. The van der Waals surface area contributed by atoms with Crippen molar-refractivity contribution in [1.82, 2.24) is 0 Å². The summed E-state index contributed by atoms with van der Waals surface area (Å²) < 4.78 is 5.76. The van der Waals surface area contributed by atoms with Gasteiger partial charge in [0.05, 0.1) is 11.3 Å². The molecule has 1 aromatic rings. The average molecular weight is 261 g/mol. The lowest BCUT2D eigenvalue weighted by Gasteiger charge is -2.22. The third kappa shape index (κ3) is 2.49. The van der Waals surface area contributed by atoms with E-state index in [1.165, 1.54) is 0 Å². The normalized spacial score (nSPS) is 22.7. The minimum atomic E-state index is -0.810. The van der Waals surface area contributed by atoms with Crippen LogP contribution in [-0.2, 0) is 9.53 Å². The molecular formula is C15H19NO3. The fourth-order valence-corrected chi connectivity index (χ4v) is 2.32. The van der Waals surface area contributed by atoms with E-state index < -0.39 is 11.2 Å². The Balaban J connectivity index is 2.29. The first-order valence-electron chi connectivity index (χ1n) is 6.24. The Labute approximate surface area is 113 Å². The standard InChI is InChI=1S/C15H19NO3/c1-14(2)10(13(18)15(3,4)19-14)9-16-11-7-5-6-8-12(11)17/h5-9,16-17H,1-4H3/b10-9-. The smallest absolute Gasteiger partial charge is 0.194 e. The molecule has 102 valence electrons. The number of ether oxygens (including phenoxy) is 1. The maximum atomic E-state index is 12.3. The molecule has 1 aromatic carbocycles. The Kier molecular flexibility index (Phi) is 3.14. The van der Waals surface area contributed by atoms with Crippen molar-refractivity contribution in [3.63, 3.8) is 0 Å².